The third-order valence-corrected chi connectivity index (χ3v) is 6.41. The van der Waals surface area contributed by atoms with Crippen molar-refractivity contribution in [2.24, 2.45) is 0 Å². The molecule has 0 radical (unpaired) electrons. The van der Waals surface area contributed by atoms with Crippen molar-refractivity contribution in [2.45, 2.75) is 116 Å². The van der Waals surface area contributed by atoms with Gasteiger partial charge < -0.3 is 9.35 Å². The van der Waals surface area contributed by atoms with Crippen LogP contribution in [0.25, 0.3) is 0 Å². The maximum Gasteiger partial charge on any atom is 0.261 e. The normalized spacial score (nSPS) is 12.1. The zero-order chi connectivity index (χ0) is 22.6. The number of hydrogen-bond donors (Lipinski definition) is 2. The van der Waals surface area contributed by atoms with Crippen molar-refractivity contribution in [1.29, 1.82) is 0 Å². The number of aromatic nitrogens is 4. The van der Waals surface area contributed by atoms with E-state index in [0.29, 0.717) is 25.0 Å². The molecule has 1 amide bonds. The van der Waals surface area contributed by atoms with E-state index in [2.05, 4.69) is 25.3 Å². The molecule has 0 spiro atoms. The SMILES string of the molecule is CC(=O)CCC[S+]([O-])NC(=O)CCCCCCCCCCCCCCCc1nnn[nH]1. The third kappa shape index (κ3) is 17.9. The first-order valence-corrected chi connectivity index (χ1v) is 13.3. The summed E-state index contributed by atoms with van der Waals surface area (Å²) in [5, 5.41) is 13.8. The number of amides is 1. The van der Waals surface area contributed by atoms with Gasteiger partial charge in [-0.2, -0.15) is 4.72 Å². The summed E-state index contributed by atoms with van der Waals surface area (Å²) < 4.78 is 14.2. The predicted octanol–water partition coefficient (Wildman–Crippen LogP) is 4.35. The lowest BCUT2D eigenvalue weighted by Gasteiger charge is -2.10. The predicted molar refractivity (Wildman–Crippen MR) is 124 cm³/mol. The quantitative estimate of drug-likeness (QED) is 0.210. The van der Waals surface area contributed by atoms with Gasteiger partial charge in [0.1, 0.15) is 17.4 Å². The molecule has 0 aromatic carbocycles. The van der Waals surface area contributed by atoms with Crippen LogP contribution in [-0.4, -0.2) is 42.6 Å². The van der Waals surface area contributed by atoms with Crippen LogP contribution in [0.2, 0.25) is 0 Å². The topological polar surface area (TPSA) is 124 Å². The van der Waals surface area contributed by atoms with Gasteiger partial charge in [0.25, 0.3) is 5.91 Å². The molecule has 0 saturated carbocycles. The van der Waals surface area contributed by atoms with Crippen molar-refractivity contribution in [2.75, 3.05) is 5.75 Å². The van der Waals surface area contributed by atoms with Gasteiger partial charge in [0.15, 0.2) is 0 Å². The minimum atomic E-state index is -1.35. The number of aryl methyl sites for hydroxylation is 1. The Morgan fingerprint density at radius 3 is 1.90 bits per heavy atom. The van der Waals surface area contributed by atoms with Gasteiger partial charge in [-0.25, -0.2) is 5.10 Å². The average molecular weight is 456 g/mol. The van der Waals surface area contributed by atoms with Gasteiger partial charge in [-0.1, -0.05) is 70.6 Å². The van der Waals surface area contributed by atoms with E-state index in [0.717, 1.165) is 37.9 Å². The molecule has 0 aliphatic rings. The molecule has 2 N–H and O–H groups in total. The molecule has 1 unspecified atom stereocenters. The number of aromatic amines is 1. The van der Waals surface area contributed by atoms with E-state index in [1.54, 1.807) is 0 Å². The van der Waals surface area contributed by atoms with Gasteiger partial charge in [0.2, 0.25) is 0 Å². The minimum absolute atomic E-state index is 0.0905. The third-order valence-electron chi connectivity index (χ3n) is 5.29. The first-order valence-electron chi connectivity index (χ1n) is 12.0. The van der Waals surface area contributed by atoms with Crippen LogP contribution in [0.5, 0.6) is 0 Å². The molecule has 0 saturated heterocycles. The molecule has 0 aliphatic carbocycles. The van der Waals surface area contributed by atoms with Crippen molar-refractivity contribution < 1.29 is 14.1 Å². The number of H-pyrrole nitrogens is 1. The van der Waals surface area contributed by atoms with Crippen molar-refractivity contribution in [3.05, 3.63) is 5.82 Å². The van der Waals surface area contributed by atoms with Gasteiger partial charge in [-0.3, -0.25) is 4.79 Å². The maximum atomic E-state index is 11.7. The van der Waals surface area contributed by atoms with Gasteiger partial charge in [-0.05, 0) is 30.2 Å². The number of carbonyl (C=O) groups excluding carboxylic acids is 2. The highest BCUT2D eigenvalue weighted by atomic mass is 32.2. The average Bonchev–Trinajstić information content (AvgIpc) is 3.24. The van der Waals surface area contributed by atoms with Crippen LogP contribution < -0.4 is 4.72 Å². The first kappa shape index (κ1) is 27.6. The molecule has 1 aromatic rings. The molecule has 31 heavy (non-hydrogen) atoms. The second-order valence-electron chi connectivity index (χ2n) is 8.32. The molecule has 1 heterocycles. The zero-order valence-electron chi connectivity index (χ0n) is 19.2. The van der Waals surface area contributed by atoms with Crippen molar-refractivity contribution in [1.82, 2.24) is 25.3 Å². The van der Waals surface area contributed by atoms with Gasteiger partial charge in [0.05, 0.1) is 11.4 Å². The fourth-order valence-corrected chi connectivity index (χ4v) is 4.35. The van der Waals surface area contributed by atoms with E-state index in [-0.39, 0.29) is 11.7 Å². The zero-order valence-corrected chi connectivity index (χ0v) is 20.0. The van der Waals surface area contributed by atoms with Crippen LogP contribution >= 0.6 is 0 Å². The number of carbonyl (C=O) groups is 2. The number of hydrogen-bond acceptors (Lipinski definition) is 6. The molecule has 0 fully saturated rings. The summed E-state index contributed by atoms with van der Waals surface area (Å²) >= 11 is -1.35. The van der Waals surface area contributed by atoms with E-state index in [4.69, 9.17) is 0 Å². The molecular formula is C22H41N5O3S. The Labute approximate surface area is 190 Å². The van der Waals surface area contributed by atoms with E-state index < -0.39 is 11.4 Å². The summed E-state index contributed by atoms with van der Waals surface area (Å²) in [5.74, 6) is 1.19. The Bertz CT molecular complexity index is 572. The summed E-state index contributed by atoms with van der Waals surface area (Å²) in [4.78, 5) is 22.6. The van der Waals surface area contributed by atoms with E-state index >= 15 is 0 Å². The van der Waals surface area contributed by atoms with Crippen molar-refractivity contribution >= 4 is 23.1 Å². The standard InChI is InChI=1S/C22H41N5O3S/c1-20(28)16-15-19-31(30)25-22(29)18-14-12-10-8-6-4-2-3-5-7-9-11-13-17-21-23-26-27-24-21/h2-19H2,1H3,(H,25,29)(H,23,24,26,27). The van der Waals surface area contributed by atoms with Crippen molar-refractivity contribution in [3.63, 3.8) is 0 Å². The summed E-state index contributed by atoms with van der Waals surface area (Å²) in [6, 6.07) is 0. The van der Waals surface area contributed by atoms with Gasteiger partial charge in [-0.15, -0.1) is 5.10 Å². The molecule has 9 heteroatoms. The number of Topliss-reactive ketones (excluding diaryl/α,β-unsaturated/α-hetero) is 1. The fourth-order valence-electron chi connectivity index (χ4n) is 3.49. The molecular weight excluding hydrogens is 414 g/mol. The van der Waals surface area contributed by atoms with Gasteiger partial charge >= 0.3 is 0 Å². The first-order chi connectivity index (χ1) is 15.1. The van der Waals surface area contributed by atoms with E-state index in [9.17, 15) is 14.1 Å². The molecule has 1 atom stereocenters. The summed E-state index contributed by atoms with van der Waals surface area (Å²) in [5.41, 5.74) is 0. The summed E-state index contributed by atoms with van der Waals surface area (Å²) in [6.45, 7) is 1.52. The van der Waals surface area contributed by atoms with Crippen LogP contribution in [0.1, 0.15) is 115 Å². The van der Waals surface area contributed by atoms with E-state index in [1.165, 1.54) is 64.7 Å². The Hall–Kier alpha value is -1.48. The Kier molecular flexibility index (Phi) is 17.1. The Morgan fingerprint density at radius 1 is 0.839 bits per heavy atom. The summed E-state index contributed by atoms with van der Waals surface area (Å²) in [7, 11) is 0. The lowest BCUT2D eigenvalue weighted by molar-refractivity contribution is -0.119. The molecule has 0 bridgehead atoms. The molecule has 1 rings (SSSR count). The van der Waals surface area contributed by atoms with Crippen LogP contribution in [0.15, 0.2) is 0 Å². The highest BCUT2D eigenvalue weighted by molar-refractivity contribution is 7.90. The summed E-state index contributed by atoms with van der Waals surface area (Å²) in [6.07, 6.45) is 18.2. The number of nitrogens with zero attached hydrogens (tertiary/aromatic N) is 3. The number of nitrogens with one attached hydrogen (secondary N) is 2. The Morgan fingerprint density at radius 2 is 1.39 bits per heavy atom. The largest absolute Gasteiger partial charge is 0.593 e. The highest BCUT2D eigenvalue weighted by Gasteiger charge is 2.11. The molecule has 178 valence electrons. The second kappa shape index (κ2) is 19.2. The lowest BCUT2D eigenvalue weighted by atomic mass is 10.0. The second-order valence-corrected chi connectivity index (χ2v) is 9.63. The van der Waals surface area contributed by atoms with E-state index in [1.807, 2.05) is 0 Å². The van der Waals surface area contributed by atoms with Crippen LogP contribution in [0.3, 0.4) is 0 Å². The number of rotatable bonds is 21. The monoisotopic (exact) mass is 455 g/mol. The van der Waals surface area contributed by atoms with Gasteiger partial charge in [0, 0.05) is 25.7 Å². The van der Waals surface area contributed by atoms with Crippen LogP contribution in [0.4, 0.5) is 0 Å². The van der Waals surface area contributed by atoms with Crippen LogP contribution in [-0.2, 0) is 27.4 Å². The fraction of sp³-hybridized carbons (Fsp3) is 0.864. The minimum Gasteiger partial charge on any atom is -0.593 e. The molecule has 8 nitrogen and oxygen atoms in total. The number of ketones is 1. The smallest absolute Gasteiger partial charge is 0.261 e. The maximum absolute atomic E-state index is 11.7. The molecule has 1 aromatic heterocycles. The highest BCUT2D eigenvalue weighted by Crippen LogP contribution is 2.13. The Balaban J connectivity index is 1.76. The molecule has 0 aliphatic heterocycles. The van der Waals surface area contributed by atoms with Crippen molar-refractivity contribution in [3.8, 4) is 0 Å². The number of tetrazole rings is 1. The number of unbranched alkanes of at least 4 members (excludes halogenated alkanes) is 12. The lowest BCUT2D eigenvalue weighted by Crippen LogP contribution is -2.32. The van der Waals surface area contributed by atoms with Crippen LogP contribution in [0, 0.1) is 0 Å².